The van der Waals surface area contributed by atoms with Crippen LogP contribution in [0.3, 0.4) is 0 Å². The lowest BCUT2D eigenvalue weighted by atomic mass is 10.1. The van der Waals surface area contributed by atoms with E-state index in [2.05, 4.69) is 10.0 Å². The second-order valence-corrected chi connectivity index (χ2v) is 13.2. The largest absolute Gasteiger partial charge is 0.494 e. The normalized spacial score (nSPS) is 11.3. The van der Waals surface area contributed by atoms with Gasteiger partial charge in [-0.2, -0.15) is 0 Å². The Hall–Kier alpha value is -4.80. The summed E-state index contributed by atoms with van der Waals surface area (Å²) in [4.78, 5) is 28.0. The number of sulfonamides is 1. The molecular weight excluding hydrogens is 624 g/mol. The molecule has 0 radical (unpaired) electrons. The zero-order valence-electron chi connectivity index (χ0n) is 26.0. The average molecular weight is 659 g/mol. The highest BCUT2D eigenvalue weighted by atomic mass is 35.5. The van der Waals surface area contributed by atoms with Crippen LogP contribution >= 0.6 is 11.6 Å². The number of nitrogens with one attached hydrogen (secondary N) is 2. The van der Waals surface area contributed by atoms with Gasteiger partial charge < -0.3 is 19.5 Å². The summed E-state index contributed by atoms with van der Waals surface area (Å²) in [6.45, 7) is 4.65. The molecule has 238 valence electrons. The lowest BCUT2D eigenvalue weighted by Gasteiger charge is -2.14. The van der Waals surface area contributed by atoms with Crippen LogP contribution in [0.2, 0.25) is 5.02 Å². The molecule has 1 aromatic heterocycles. The van der Waals surface area contributed by atoms with Gasteiger partial charge in [0, 0.05) is 53.5 Å². The first kappa shape index (κ1) is 32.6. The van der Waals surface area contributed by atoms with Gasteiger partial charge in [-0.3, -0.25) is 9.59 Å². The summed E-state index contributed by atoms with van der Waals surface area (Å²) >= 11 is 6.27. The van der Waals surface area contributed by atoms with Crippen LogP contribution in [-0.4, -0.2) is 45.5 Å². The lowest BCUT2D eigenvalue weighted by Crippen LogP contribution is -2.32. The Bertz CT molecular complexity index is 2000. The second-order valence-electron chi connectivity index (χ2n) is 11.2. The molecule has 1 heterocycles. The van der Waals surface area contributed by atoms with Gasteiger partial charge in [0.25, 0.3) is 21.8 Å². The maximum atomic E-state index is 13.4. The smallest absolute Gasteiger partial charge is 0.281 e. The Morgan fingerprint density at radius 3 is 2.26 bits per heavy atom. The highest BCUT2D eigenvalue weighted by molar-refractivity contribution is 7.90. The Kier molecular flexibility index (Phi) is 9.69. The summed E-state index contributed by atoms with van der Waals surface area (Å²) < 4.78 is 36.4. The van der Waals surface area contributed by atoms with Crippen LogP contribution in [0.5, 0.6) is 5.75 Å². The third-order valence-electron chi connectivity index (χ3n) is 7.52. The van der Waals surface area contributed by atoms with E-state index in [1.54, 1.807) is 28.8 Å². The molecule has 0 spiro atoms. The molecule has 0 aliphatic carbocycles. The molecule has 46 heavy (non-hydrogen) atoms. The molecule has 0 bridgehead atoms. The quantitative estimate of drug-likeness (QED) is 0.151. The van der Waals surface area contributed by atoms with Gasteiger partial charge in [0.1, 0.15) is 11.4 Å². The number of anilines is 2. The lowest BCUT2D eigenvalue weighted by molar-refractivity contribution is 0.0971. The minimum absolute atomic E-state index is 0.113. The minimum Gasteiger partial charge on any atom is -0.494 e. The third-order valence-corrected chi connectivity index (χ3v) is 9.47. The molecule has 0 atom stereocenters. The van der Waals surface area contributed by atoms with Crippen molar-refractivity contribution in [2.45, 2.75) is 31.7 Å². The van der Waals surface area contributed by atoms with E-state index >= 15 is 0 Å². The van der Waals surface area contributed by atoms with E-state index < -0.39 is 15.9 Å². The van der Waals surface area contributed by atoms with Gasteiger partial charge in [-0.05, 0) is 98.1 Å². The molecule has 0 aliphatic rings. The van der Waals surface area contributed by atoms with Gasteiger partial charge in [0.2, 0.25) is 0 Å². The summed E-state index contributed by atoms with van der Waals surface area (Å²) in [6, 6.07) is 25.7. The SMILES string of the molecule is Cc1cc(OCCCn2c(C(=O)NS(=O)(=O)c3ccc(NC(=O)c4cccc(N(C)C)c4)cc3)cc3ccccc32)cc(C)c1Cl. The topological polar surface area (TPSA) is 110 Å². The van der Waals surface area contributed by atoms with Crippen molar-refractivity contribution in [3.63, 3.8) is 0 Å². The van der Waals surface area contributed by atoms with Crippen molar-refractivity contribution < 1.29 is 22.7 Å². The van der Waals surface area contributed by atoms with Crippen molar-refractivity contribution in [2.75, 3.05) is 30.9 Å². The first-order chi connectivity index (χ1) is 21.9. The molecule has 11 heteroatoms. The maximum absolute atomic E-state index is 13.4. The minimum atomic E-state index is -4.21. The fraction of sp³-hybridized carbons (Fsp3) is 0.200. The molecule has 2 amide bonds. The number of para-hydroxylation sites is 1. The Morgan fingerprint density at radius 2 is 1.57 bits per heavy atom. The monoisotopic (exact) mass is 658 g/mol. The van der Waals surface area contributed by atoms with Gasteiger partial charge >= 0.3 is 0 Å². The number of amides is 2. The molecule has 0 saturated heterocycles. The van der Waals surface area contributed by atoms with Gasteiger partial charge in [-0.25, -0.2) is 13.1 Å². The molecule has 9 nitrogen and oxygen atoms in total. The first-order valence-electron chi connectivity index (χ1n) is 14.7. The van der Waals surface area contributed by atoms with Crippen molar-refractivity contribution in [1.82, 2.24) is 9.29 Å². The number of carbonyl (C=O) groups is 2. The van der Waals surface area contributed by atoms with E-state index in [0.717, 1.165) is 27.7 Å². The van der Waals surface area contributed by atoms with Crippen LogP contribution in [0.15, 0.2) is 95.9 Å². The number of benzene rings is 4. The number of rotatable bonds is 11. The molecular formula is C35H35ClN4O5S. The van der Waals surface area contributed by atoms with E-state index in [0.29, 0.717) is 41.6 Å². The summed E-state index contributed by atoms with van der Waals surface area (Å²) in [6.07, 6.45) is 0.568. The Morgan fingerprint density at radius 1 is 0.870 bits per heavy atom. The Labute approximate surface area is 273 Å². The number of ether oxygens (including phenoxy) is 1. The van der Waals surface area contributed by atoms with Crippen LogP contribution in [0, 0.1) is 13.8 Å². The van der Waals surface area contributed by atoms with E-state index in [1.165, 1.54) is 24.3 Å². The van der Waals surface area contributed by atoms with E-state index in [1.807, 2.05) is 75.3 Å². The zero-order valence-corrected chi connectivity index (χ0v) is 27.6. The van der Waals surface area contributed by atoms with Crippen LogP contribution in [0.4, 0.5) is 11.4 Å². The summed E-state index contributed by atoms with van der Waals surface area (Å²) in [5.74, 6) is -0.367. The number of halogens is 1. The molecule has 0 aliphatic heterocycles. The van der Waals surface area contributed by atoms with Crippen LogP contribution in [0.25, 0.3) is 10.9 Å². The van der Waals surface area contributed by atoms with Crippen molar-refractivity contribution in [2.24, 2.45) is 0 Å². The summed E-state index contributed by atoms with van der Waals surface area (Å²) in [7, 11) is -0.446. The third kappa shape index (κ3) is 7.35. The molecule has 2 N–H and O–H groups in total. The predicted octanol–water partition coefficient (Wildman–Crippen LogP) is 6.82. The number of fused-ring (bicyclic) bond motifs is 1. The van der Waals surface area contributed by atoms with E-state index in [4.69, 9.17) is 16.3 Å². The van der Waals surface area contributed by atoms with Crippen molar-refractivity contribution in [3.05, 3.63) is 118 Å². The van der Waals surface area contributed by atoms with Crippen molar-refractivity contribution >= 4 is 55.7 Å². The van der Waals surface area contributed by atoms with Gasteiger partial charge in [0.15, 0.2) is 0 Å². The maximum Gasteiger partial charge on any atom is 0.281 e. The fourth-order valence-electron chi connectivity index (χ4n) is 5.12. The summed E-state index contributed by atoms with van der Waals surface area (Å²) in [5, 5.41) is 4.30. The number of aromatic nitrogens is 1. The molecule has 0 saturated carbocycles. The fourth-order valence-corrected chi connectivity index (χ4v) is 6.19. The predicted molar refractivity (Wildman–Crippen MR) is 183 cm³/mol. The number of hydrogen-bond acceptors (Lipinski definition) is 6. The molecule has 4 aromatic carbocycles. The highest BCUT2D eigenvalue weighted by Crippen LogP contribution is 2.26. The van der Waals surface area contributed by atoms with Gasteiger partial charge in [-0.15, -0.1) is 0 Å². The van der Waals surface area contributed by atoms with E-state index in [-0.39, 0.29) is 16.5 Å². The standard InChI is InChI=1S/C35H35ClN4O5S/c1-23-19-29(20-24(2)33(23)36)45-18-8-17-40-31-12-6-5-9-25(31)22-32(40)35(42)38-46(43,44)30-15-13-27(14-16-30)37-34(41)26-10-7-11-28(21-26)39(3)4/h5-7,9-16,19-22H,8,17-18H2,1-4H3,(H,37,41)(H,38,42). The zero-order chi connectivity index (χ0) is 33.0. The number of aryl methyl sites for hydroxylation is 3. The van der Waals surface area contributed by atoms with Crippen LogP contribution in [-0.2, 0) is 16.6 Å². The molecule has 5 rings (SSSR count). The van der Waals surface area contributed by atoms with Crippen molar-refractivity contribution in [3.8, 4) is 5.75 Å². The van der Waals surface area contributed by atoms with Gasteiger partial charge in [0.05, 0.1) is 11.5 Å². The second kappa shape index (κ2) is 13.7. The number of carbonyl (C=O) groups excluding carboxylic acids is 2. The molecule has 0 unspecified atom stereocenters. The Balaban J connectivity index is 1.27. The van der Waals surface area contributed by atoms with Gasteiger partial charge in [-0.1, -0.05) is 35.9 Å². The van der Waals surface area contributed by atoms with Crippen molar-refractivity contribution in [1.29, 1.82) is 0 Å². The molecule has 0 fully saturated rings. The van der Waals surface area contributed by atoms with Crippen LogP contribution in [0.1, 0.15) is 38.4 Å². The van der Waals surface area contributed by atoms with Crippen LogP contribution < -0.4 is 19.7 Å². The number of nitrogens with zero attached hydrogens (tertiary/aromatic N) is 2. The average Bonchev–Trinajstić information content (AvgIpc) is 3.40. The number of hydrogen-bond donors (Lipinski definition) is 2. The highest BCUT2D eigenvalue weighted by Gasteiger charge is 2.23. The first-order valence-corrected chi connectivity index (χ1v) is 16.5. The summed E-state index contributed by atoms with van der Waals surface area (Å²) in [5.41, 5.74) is 4.63. The van der Waals surface area contributed by atoms with E-state index in [9.17, 15) is 18.0 Å². The molecule has 5 aromatic rings.